The molecule has 1 N–H and O–H groups in total. The Morgan fingerprint density at radius 2 is 2.38 bits per heavy atom. The van der Waals surface area contributed by atoms with E-state index in [9.17, 15) is 0 Å². The highest BCUT2D eigenvalue weighted by atomic mass is 15.2. The molecule has 2 rings (SSSR count). The Morgan fingerprint density at radius 1 is 1.54 bits per heavy atom. The molecule has 0 aliphatic carbocycles. The minimum atomic E-state index is 0.749. The second kappa shape index (κ2) is 3.97. The molecule has 2 heterocycles. The van der Waals surface area contributed by atoms with Crippen LogP contribution in [0.15, 0.2) is 0 Å². The number of rotatable bonds is 2. The van der Waals surface area contributed by atoms with E-state index in [-0.39, 0.29) is 0 Å². The number of fused-ring (bicyclic) bond motifs is 1. The van der Waals surface area contributed by atoms with E-state index in [0.29, 0.717) is 0 Å². The predicted octanol–water partition coefficient (Wildman–Crippen LogP) is 1.47. The number of nitrogens with zero attached hydrogens (tertiary/aromatic N) is 1. The first-order valence-corrected chi connectivity index (χ1v) is 5.78. The molecule has 2 heteroatoms. The second-order valence-electron chi connectivity index (χ2n) is 4.69. The molecule has 0 bridgehead atoms. The Hall–Kier alpha value is -0.0800. The van der Waals surface area contributed by atoms with Crippen LogP contribution < -0.4 is 5.32 Å². The van der Waals surface area contributed by atoms with Crippen molar-refractivity contribution in [3.05, 3.63) is 0 Å². The fourth-order valence-corrected chi connectivity index (χ4v) is 2.64. The summed E-state index contributed by atoms with van der Waals surface area (Å²) in [5.41, 5.74) is 0. The van der Waals surface area contributed by atoms with Gasteiger partial charge in [0, 0.05) is 25.2 Å². The topological polar surface area (TPSA) is 15.3 Å². The molecule has 13 heavy (non-hydrogen) atoms. The van der Waals surface area contributed by atoms with E-state index in [1.807, 2.05) is 0 Å². The van der Waals surface area contributed by atoms with Crippen LogP contribution in [-0.2, 0) is 0 Å². The third-order valence-electron chi connectivity index (χ3n) is 3.88. The fraction of sp³-hybridized carbons (Fsp3) is 1.00. The van der Waals surface area contributed by atoms with Crippen molar-refractivity contribution in [3.8, 4) is 0 Å². The summed E-state index contributed by atoms with van der Waals surface area (Å²) >= 11 is 0. The molecule has 3 atom stereocenters. The summed E-state index contributed by atoms with van der Waals surface area (Å²) in [6.45, 7) is 8.53. The number of nitrogens with one attached hydrogen (secondary N) is 1. The van der Waals surface area contributed by atoms with Crippen molar-refractivity contribution in [2.45, 2.75) is 45.2 Å². The molecule has 0 aromatic heterocycles. The summed E-state index contributed by atoms with van der Waals surface area (Å²) in [6, 6.07) is 1.61. The third-order valence-corrected chi connectivity index (χ3v) is 3.88. The summed E-state index contributed by atoms with van der Waals surface area (Å²) in [5.74, 6) is 0.835. The molecule has 2 fully saturated rings. The molecule has 2 aliphatic heterocycles. The van der Waals surface area contributed by atoms with Crippen LogP contribution in [0.4, 0.5) is 0 Å². The number of piperazine rings is 1. The Bertz CT molecular complexity index is 169. The van der Waals surface area contributed by atoms with Gasteiger partial charge in [-0.2, -0.15) is 0 Å². The SMILES string of the molecule is CC[C@H](C)[C@H]1CN2CCC[C@H]2CN1. The molecule has 0 radical (unpaired) electrons. The molecule has 0 amide bonds. The normalized spacial score (nSPS) is 37.4. The first-order valence-electron chi connectivity index (χ1n) is 5.78. The molecule has 0 spiro atoms. The minimum Gasteiger partial charge on any atom is -0.311 e. The van der Waals surface area contributed by atoms with Crippen molar-refractivity contribution in [1.82, 2.24) is 10.2 Å². The van der Waals surface area contributed by atoms with Gasteiger partial charge in [-0.1, -0.05) is 20.3 Å². The molecule has 0 aromatic rings. The van der Waals surface area contributed by atoms with Gasteiger partial charge in [0.2, 0.25) is 0 Å². The van der Waals surface area contributed by atoms with Crippen LogP contribution in [0.5, 0.6) is 0 Å². The van der Waals surface area contributed by atoms with Crippen LogP contribution in [0.25, 0.3) is 0 Å². The first kappa shape index (κ1) is 9.47. The average Bonchev–Trinajstić information content (AvgIpc) is 2.63. The summed E-state index contributed by atoms with van der Waals surface area (Å²) in [5, 5.41) is 3.70. The highest BCUT2D eigenvalue weighted by Gasteiger charge is 2.32. The maximum atomic E-state index is 3.70. The van der Waals surface area contributed by atoms with Gasteiger partial charge in [0.1, 0.15) is 0 Å². The zero-order valence-electron chi connectivity index (χ0n) is 8.92. The van der Waals surface area contributed by atoms with Crippen molar-refractivity contribution in [3.63, 3.8) is 0 Å². The second-order valence-corrected chi connectivity index (χ2v) is 4.69. The van der Waals surface area contributed by atoms with Crippen molar-refractivity contribution in [1.29, 1.82) is 0 Å². The number of hydrogen-bond donors (Lipinski definition) is 1. The largest absolute Gasteiger partial charge is 0.311 e. The fourth-order valence-electron chi connectivity index (χ4n) is 2.64. The van der Waals surface area contributed by atoms with Crippen molar-refractivity contribution in [2.75, 3.05) is 19.6 Å². The van der Waals surface area contributed by atoms with Gasteiger partial charge >= 0.3 is 0 Å². The van der Waals surface area contributed by atoms with Gasteiger partial charge in [-0.05, 0) is 25.3 Å². The smallest absolute Gasteiger partial charge is 0.0221 e. The average molecular weight is 182 g/mol. The monoisotopic (exact) mass is 182 g/mol. The first-order chi connectivity index (χ1) is 6.31. The lowest BCUT2D eigenvalue weighted by molar-refractivity contribution is 0.145. The highest BCUT2D eigenvalue weighted by Crippen LogP contribution is 2.22. The van der Waals surface area contributed by atoms with E-state index in [1.165, 1.54) is 38.9 Å². The molecule has 2 saturated heterocycles. The molecule has 0 unspecified atom stereocenters. The third kappa shape index (κ3) is 1.89. The summed E-state index contributed by atoms with van der Waals surface area (Å²) < 4.78 is 0. The van der Waals surface area contributed by atoms with Crippen molar-refractivity contribution < 1.29 is 0 Å². The Labute approximate surface area is 81.7 Å². The van der Waals surface area contributed by atoms with E-state index in [2.05, 4.69) is 24.1 Å². The van der Waals surface area contributed by atoms with E-state index in [4.69, 9.17) is 0 Å². The van der Waals surface area contributed by atoms with Gasteiger partial charge in [-0.25, -0.2) is 0 Å². The molecular formula is C11H22N2. The van der Waals surface area contributed by atoms with E-state index < -0.39 is 0 Å². The standard InChI is InChI=1S/C11H22N2/c1-3-9(2)11-8-13-6-4-5-10(13)7-12-11/h9-12H,3-8H2,1-2H3/t9-,10-,11+/m0/s1. The molecule has 0 saturated carbocycles. The van der Waals surface area contributed by atoms with E-state index in [0.717, 1.165) is 18.0 Å². The Morgan fingerprint density at radius 3 is 3.15 bits per heavy atom. The number of hydrogen-bond acceptors (Lipinski definition) is 2. The van der Waals surface area contributed by atoms with Gasteiger partial charge in [0.25, 0.3) is 0 Å². The van der Waals surface area contributed by atoms with Crippen LogP contribution in [-0.4, -0.2) is 36.6 Å². The van der Waals surface area contributed by atoms with Gasteiger partial charge in [0.05, 0.1) is 0 Å². The molecular weight excluding hydrogens is 160 g/mol. The predicted molar refractivity (Wildman–Crippen MR) is 55.8 cm³/mol. The van der Waals surface area contributed by atoms with Crippen LogP contribution in [0.2, 0.25) is 0 Å². The van der Waals surface area contributed by atoms with Gasteiger partial charge in [-0.3, -0.25) is 4.90 Å². The molecule has 2 nitrogen and oxygen atoms in total. The minimum absolute atomic E-state index is 0.749. The Balaban J connectivity index is 1.89. The summed E-state index contributed by atoms with van der Waals surface area (Å²) in [4.78, 5) is 2.69. The van der Waals surface area contributed by atoms with Crippen LogP contribution in [0.3, 0.4) is 0 Å². The van der Waals surface area contributed by atoms with Crippen molar-refractivity contribution in [2.24, 2.45) is 5.92 Å². The van der Waals surface area contributed by atoms with Gasteiger partial charge in [-0.15, -0.1) is 0 Å². The Kier molecular flexibility index (Phi) is 2.89. The summed E-state index contributed by atoms with van der Waals surface area (Å²) in [6.07, 6.45) is 4.13. The molecule has 76 valence electrons. The highest BCUT2D eigenvalue weighted by molar-refractivity contribution is 4.91. The molecule has 2 aliphatic rings. The maximum Gasteiger partial charge on any atom is 0.0221 e. The summed E-state index contributed by atoms with van der Waals surface area (Å²) in [7, 11) is 0. The lowest BCUT2D eigenvalue weighted by Crippen LogP contribution is -2.55. The molecule has 0 aromatic carbocycles. The lowest BCUT2D eigenvalue weighted by Gasteiger charge is -2.38. The lowest BCUT2D eigenvalue weighted by atomic mass is 9.96. The van der Waals surface area contributed by atoms with Crippen LogP contribution in [0, 0.1) is 5.92 Å². The van der Waals surface area contributed by atoms with Crippen LogP contribution in [0.1, 0.15) is 33.1 Å². The van der Waals surface area contributed by atoms with Crippen LogP contribution >= 0.6 is 0 Å². The van der Waals surface area contributed by atoms with E-state index in [1.54, 1.807) is 0 Å². The quantitative estimate of drug-likeness (QED) is 0.695. The van der Waals surface area contributed by atoms with Crippen molar-refractivity contribution >= 4 is 0 Å². The zero-order chi connectivity index (χ0) is 9.26. The van der Waals surface area contributed by atoms with Gasteiger partial charge < -0.3 is 5.32 Å². The zero-order valence-corrected chi connectivity index (χ0v) is 8.92. The van der Waals surface area contributed by atoms with Gasteiger partial charge in [0.15, 0.2) is 0 Å². The maximum absolute atomic E-state index is 3.70. The van der Waals surface area contributed by atoms with E-state index >= 15 is 0 Å².